The van der Waals surface area contributed by atoms with E-state index in [4.69, 9.17) is 11.6 Å². The van der Waals surface area contributed by atoms with E-state index in [9.17, 15) is 13.6 Å². The van der Waals surface area contributed by atoms with Crippen LogP contribution in [0.5, 0.6) is 5.75 Å². The smallest absolute Gasteiger partial charge is 0.387 e. The van der Waals surface area contributed by atoms with Crippen molar-refractivity contribution in [2.75, 3.05) is 18.9 Å². The van der Waals surface area contributed by atoms with Crippen molar-refractivity contribution in [2.24, 2.45) is 0 Å². The van der Waals surface area contributed by atoms with Gasteiger partial charge in [-0.25, -0.2) is 0 Å². The normalized spacial score (nSPS) is 11.0. The summed E-state index contributed by atoms with van der Waals surface area (Å²) in [6, 6.07) is 11.6. The first kappa shape index (κ1) is 19.1. The summed E-state index contributed by atoms with van der Waals surface area (Å²) in [6.07, 6.45) is 0. The van der Waals surface area contributed by atoms with Crippen LogP contribution < -0.4 is 10.1 Å². The third kappa shape index (κ3) is 6.32. The predicted octanol–water partition coefficient (Wildman–Crippen LogP) is 4.32. The van der Waals surface area contributed by atoms with Gasteiger partial charge < -0.3 is 10.1 Å². The maximum Gasteiger partial charge on any atom is 0.387 e. The number of ether oxygens (including phenoxy) is 1. The Hall–Kier alpha value is -2.18. The maximum absolute atomic E-state index is 12.2. The number of alkyl halides is 2. The molecule has 0 bridgehead atoms. The molecule has 0 aliphatic heterocycles. The Bertz CT molecular complexity index is 724. The highest BCUT2D eigenvalue weighted by molar-refractivity contribution is 6.31. The molecule has 2 aromatic rings. The first-order valence-corrected chi connectivity index (χ1v) is 7.99. The number of likely N-dealkylation sites (N-methyl/N-ethyl adjacent to an activating group) is 1. The van der Waals surface area contributed by atoms with E-state index in [0.29, 0.717) is 17.3 Å². The van der Waals surface area contributed by atoms with Crippen LogP contribution in [-0.4, -0.2) is 31.0 Å². The maximum atomic E-state index is 12.2. The van der Waals surface area contributed by atoms with Gasteiger partial charge in [0.05, 0.1) is 6.54 Å². The zero-order chi connectivity index (χ0) is 18.4. The first-order chi connectivity index (χ1) is 11.8. The molecule has 1 N–H and O–H groups in total. The van der Waals surface area contributed by atoms with Gasteiger partial charge in [-0.1, -0.05) is 29.8 Å². The van der Waals surface area contributed by atoms with Crippen LogP contribution in [0.4, 0.5) is 14.5 Å². The number of benzene rings is 2. The number of halogens is 3. The quantitative estimate of drug-likeness (QED) is 0.791. The Kier molecular flexibility index (Phi) is 6.73. The highest BCUT2D eigenvalue weighted by Crippen LogP contribution is 2.20. The summed E-state index contributed by atoms with van der Waals surface area (Å²) in [7, 11) is 1.80. The summed E-state index contributed by atoms with van der Waals surface area (Å²) in [5.41, 5.74) is 2.49. The van der Waals surface area contributed by atoms with Crippen LogP contribution in [0.15, 0.2) is 42.5 Å². The second-order valence-electron chi connectivity index (χ2n) is 5.70. The van der Waals surface area contributed by atoms with Crippen LogP contribution >= 0.6 is 11.6 Å². The van der Waals surface area contributed by atoms with Gasteiger partial charge in [-0.15, -0.1) is 0 Å². The Morgan fingerprint density at radius 3 is 2.56 bits per heavy atom. The fourth-order valence-electron chi connectivity index (χ4n) is 2.31. The Morgan fingerprint density at radius 2 is 1.92 bits per heavy atom. The number of nitrogens with one attached hydrogen (secondary N) is 1. The molecule has 0 unspecified atom stereocenters. The largest absolute Gasteiger partial charge is 0.435 e. The number of hydrogen-bond donors (Lipinski definition) is 1. The number of aryl methyl sites for hydroxylation is 1. The molecule has 1 amide bonds. The molecule has 2 rings (SSSR count). The highest BCUT2D eigenvalue weighted by Gasteiger charge is 2.10. The Labute approximate surface area is 150 Å². The molecule has 0 saturated carbocycles. The minimum atomic E-state index is -2.84. The molecule has 0 aliphatic rings. The predicted molar refractivity (Wildman–Crippen MR) is 94.2 cm³/mol. The topological polar surface area (TPSA) is 41.6 Å². The van der Waals surface area contributed by atoms with Crippen molar-refractivity contribution in [3.05, 3.63) is 58.6 Å². The molecule has 134 valence electrons. The van der Waals surface area contributed by atoms with E-state index in [0.717, 1.165) is 11.1 Å². The van der Waals surface area contributed by atoms with Gasteiger partial charge in [-0.2, -0.15) is 8.78 Å². The summed E-state index contributed by atoms with van der Waals surface area (Å²) < 4.78 is 28.6. The fourth-order valence-corrected chi connectivity index (χ4v) is 2.48. The lowest BCUT2D eigenvalue weighted by Gasteiger charge is -2.17. The molecule has 0 radical (unpaired) electrons. The minimum Gasteiger partial charge on any atom is -0.435 e. The van der Waals surface area contributed by atoms with Crippen LogP contribution in [0, 0.1) is 6.92 Å². The van der Waals surface area contributed by atoms with Crippen LogP contribution in [0.1, 0.15) is 11.1 Å². The van der Waals surface area contributed by atoms with E-state index >= 15 is 0 Å². The molecule has 25 heavy (non-hydrogen) atoms. The number of rotatable bonds is 7. The van der Waals surface area contributed by atoms with Crippen molar-refractivity contribution >= 4 is 23.2 Å². The van der Waals surface area contributed by atoms with Crippen molar-refractivity contribution < 1.29 is 18.3 Å². The first-order valence-electron chi connectivity index (χ1n) is 7.62. The lowest BCUT2D eigenvalue weighted by Crippen LogP contribution is -2.30. The minimum absolute atomic E-state index is 0.107. The third-order valence-electron chi connectivity index (χ3n) is 3.49. The molecule has 0 fully saturated rings. The number of carbonyl (C=O) groups is 1. The average molecular weight is 369 g/mol. The lowest BCUT2D eigenvalue weighted by molar-refractivity contribution is -0.117. The van der Waals surface area contributed by atoms with Gasteiger partial charge in [0.25, 0.3) is 0 Å². The average Bonchev–Trinajstić information content (AvgIpc) is 2.52. The molecule has 0 aliphatic carbocycles. The summed E-state index contributed by atoms with van der Waals surface area (Å²) in [6.45, 7) is -0.274. The number of amides is 1. The SMILES string of the molecule is Cc1ccc(Cl)cc1NC(=O)CN(C)Cc1ccc(OC(F)F)cc1. The van der Waals surface area contributed by atoms with E-state index in [1.807, 2.05) is 17.9 Å². The molecule has 0 heterocycles. The van der Waals surface area contributed by atoms with Crippen LogP contribution in [0.25, 0.3) is 0 Å². The summed E-state index contributed by atoms with van der Waals surface area (Å²) in [5.74, 6) is -0.0545. The van der Waals surface area contributed by atoms with Gasteiger partial charge >= 0.3 is 6.61 Å². The molecule has 0 aromatic heterocycles. The van der Waals surface area contributed by atoms with Crippen LogP contribution in [0.2, 0.25) is 5.02 Å². The molecule has 7 heteroatoms. The second-order valence-corrected chi connectivity index (χ2v) is 6.14. The van der Waals surface area contributed by atoms with Gasteiger partial charge in [-0.3, -0.25) is 9.69 Å². The zero-order valence-corrected chi connectivity index (χ0v) is 14.7. The molecule has 0 saturated heterocycles. The van der Waals surface area contributed by atoms with Crippen molar-refractivity contribution in [2.45, 2.75) is 20.1 Å². The lowest BCUT2D eigenvalue weighted by atomic mass is 10.2. The fraction of sp³-hybridized carbons (Fsp3) is 0.278. The van der Waals surface area contributed by atoms with E-state index in [2.05, 4.69) is 10.1 Å². The summed E-state index contributed by atoms with van der Waals surface area (Å²) >= 11 is 5.94. The van der Waals surface area contributed by atoms with Gasteiger partial charge in [0.2, 0.25) is 5.91 Å². The van der Waals surface area contributed by atoms with Gasteiger partial charge in [0.15, 0.2) is 0 Å². The van der Waals surface area contributed by atoms with Crippen molar-refractivity contribution in [3.8, 4) is 5.75 Å². The highest BCUT2D eigenvalue weighted by atomic mass is 35.5. The van der Waals surface area contributed by atoms with E-state index in [-0.39, 0.29) is 18.2 Å². The van der Waals surface area contributed by atoms with E-state index in [1.54, 1.807) is 31.3 Å². The number of anilines is 1. The molecule has 0 spiro atoms. The molecular formula is C18H19ClF2N2O2. The zero-order valence-electron chi connectivity index (χ0n) is 13.9. The van der Waals surface area contributed by atoms with E-state index in [1.165, 1.54) is 12.1 Å². The molecular weight excluding hydrogens is 350 g/mol. The van der Waals surface area contributed by atoms with Crippen molar-refractivity contribution in [3.63, 3.8) is 0 Å². The Morgan fingerprint density at radius 1 is 1.24 bits per heavy atom. The van der Waals surface area contributed by atoms with Crippen molar-refractivity contribution in [1.29, 1.82) is 0 Å². The number of nitrogens with zero attached hydrogens (tertiary/aromatic N) is 1. The van der Waals surface area contributed by atoms with E-state index < -0.39 is 6.61 Å². The van der Waals surface area contributed by atoms with Gasteiger partial charge in [-0.05, 0) is 49.4 Å². The number of carbonyl (C=O) groups excluding carboxylic acids is 1. The summed E-state index contributed by atoms with van der Waals surface area (Å²) in [5, 5.41) is 3.39. The van der Waals surface area contributed by atoms with Crippen LogP contribution in [-0.2, 0) is 11.3 Å². The third-order valence-corrected chi connectivity index (χ3v) is 3.72. The molecule has 2 aromatic carbocycles. The van der Waals surface area contributed by atoms with Crippen molar-refractivity contribution in [1.82, 2.24) is 4.90 Å². The standard InChI is InChI=1S/C18H19ClF2N2O2/c1-12-3-6-14(19)9-16(12)22-17(24)11-23(2)10-13-4-7-15(8-5-13)25-18(20)21/h3-9,18H,10-11H2,1-2H3,(H,22,24). The monoisotopic (exact) mass is 368 g/mol. The number of hydrogen-bond acceptors (Lipinski definition) is 3. The van der Waals surface area contributed by atoms with Gasteiger partial charge in [0, 0.05) is 17.3 Å². The van der Waals surface area contributed by atoms with Crippen LogP contribution in [0.3, 0.4) is 0 Å². The Balaban J connectivity index is 1.87. The van der Waals surface area contributed by atoms with Gasteiger partial charge in [0.1, 0.15) is 5.75 Å². The molecule has 4 nitrogen and oxygen atoms in total. The summed E-state index contributed by atoms with van der Waals surface area (Å²) in [4.78, 5) is 14.0. The molecule has 0 atom stereocenters. The second kappa shape index (κ2) is 8.78.